The van der Waals surface area contributed by atoms with Gasteiger partial charge in [0.1, 0.15) is 5.75 Å². The van der Waals surface area contributed by atoms with E-state index in [1.807, 2.05) is 55.6 Å². The van der Waals surface area contributed by atoms with Crippen molar-refractivity contribution in [3.63, 3.8) is 0 Å². The largest absolute Gasteiger partial charge is 0.495 e. The van der Waals surface area contributed by atoms with Gasteiger partial charge in [0.05, 0.1) is 19.9 Å². The van der Waals surface area contributed by atoms with E-state index in [-0.39, 0.29) is 0 Å². The topological polar surface area (TPSA) is 43.4 Å². The number of hydrogen-bond acceptors (Lipinski definition) is 4. The highest BCUT2D eigenvalue weighted by Gasteiger charge is 2.11. The Balaban J connectivity index is 2.15. The summed E-state index contributed by atoms with van der Waals surface area (Å²) in [7, 11) is 3.30. The molecule has 1 aromatic heterocycles. The average Bonchev–Trinajstić information content (AvgIpc) is 2.56. The molecule has 0 saturated carbocycles. The molecule has 3 aromatic rings. The number of nitrogens with one attached hydrogen (secondary N) is 1. The second-order valence-electron chi connectivity index (χ2n) is 5.00. The lowest BCUT2D eigenvalue weighted by Gasteiger charge is -2.15. The molecule has 0 bridgehead atoms. The van der Waals surface area contributed by atoms with Crippen LogP contribution in [0.5, 0.6) is 11.6 Å². The van der Waals surface area contributed by atoms with E-state index in [1.54, 1.807) is 14.2 Å². The molecule has 0 aliphatic carbocycles. The Kier molecular flexibility index (Phi) is 3.83. The molecular formula is C18H18N2O2. The second kappa shape index (κ2) is 5.93. The summed E-state index contributed by atoms with van der Waals surface area (Å²) >= 11 is 0. The molecule has 0 fully saturated rings. The van der Waals surface area contributed by atoms with Crippen LogP contribution in [0.4, 0.5) is 11.4 Å². The summed E-state index contributed by atoms with van der Waals surface area (Å²) in [4.78, 5) is 4.33. The van der Waals surface area contributed by atoms with Gasteiger partial charge in [0.25, 0.3) is 0 Å². The number of benzene rings is 2. The van der Waals surface area contributed by atoms with Crippen LogP contribution in [0, 0.1) is 6.92 Å². The SMILES string of the molecule is COc1ccccc1Nc1cccc2c(OC)ncc(C)c12. The third kappa shape index (κ3) is 2.44. The van der Waals surface area contributed by atoms with Gasteiger partial charge in [-0.2, -0.15) is 0 Å². The second-order valence-corrected chi connectivity index (χ2v) is 5.00. The summed E-state index contributed by atoms with van der Waals surface area (Å²) in [6, 6.07) is 13.9. The molecule has 4 heteroatoms. The molecule has 0 aliphatic heterocycles. The van der Waals surface area contributed by atoms with E-state index in [9.17, 15) is 0 Å². The maximum Gasteiger partial charge on any atom is 0.221 e. The predicted octanol–water partition coefficient (Wildman–Crippen LogP) is 4.30. The van der Waals surface area contributed by atoms with Crippen molar-refractivity contribution in [2.24, 2.45) is 0 Å². The number of nitrogens with zero attached hydrogens (tertiary/aromatic N) is 1. The van der Waals surface area contributed by atoms with Crippen LogP contribution < -0.4 is 14.8 Å². The minimum Gasteiger partial charge on any atom is -0.495 e. The molecule has 0 spiro atoms. The maximum absolute atomic E-state index is 5.41. The van der Waals surface area contributed by atoms with E-state index < -0.39 is 0 Å². The van der Waals surface area contributed by atoms with E-state index in [0.29, 0.717) is 5.88 Å². The van der Waals surface area contributed by atoms with Crippen LogP contribution in [0.25, 0.3) is 10.8 Å². The van der Waals surface area contributed by atoms with Crippen molar-refractivity contribution in [2.45, 2.75) is 6.92 Å². The number of aryl methyl sites for hydroxylation is 1. The van der Waals surface area contributed by atoms with Crippen LogP contribution in [0.15, 0.2) is 48.7 Å². The van der Waals surface area contributed by atoms with Crippen molar-refractivity contribution in [2.75, 3.05) is 19.5 Å². The third-order valence-electron chi connectivity index (χ3n) is 3.63. The molecule has 0 atom stereocenters. The fraction of sp³-hybridized carbons (Fsp3) is 0.167. The molecule has 1 heterocycles. The smallest absolute Gasteiger partial charge is 0.221 e. The summed E-state index contributed by atoms with van der Waals surface area (Å²) in [5, 5.41) is 5.54. The van der Waals surface area contributed by atoms with Crippen LogP contribution in [0.2, 0.25) is 0 Å². The number of pyridine rings is 1. The summed E-state index contributed by atoms with van der Waals surface area (Å²) in [6.07, 6.45) is 1.83. The molecule has 4 nitrogen and oxygen atoms in total. The number of ether oxygens (including phenoxy) is 2. The molecule has 3 rings (SSSR count). The minimum atomic E-state index is 0.629. The van der Waals surface area contributed by atoms with Crippen LogP contribution >= 0.6 is 0 Å². The van der Waals surface area contributed by atoms with E-state index >= 15 is 0 Å². The highest BCUT2D eigenvalue weighted by Crippen LogP contribution is 2.35. The quantitative estimate of drug-likeness (QED) is 0.779. The molecule has 0 unspecified atom stereocenters. The Morgan fingerprint density at radius 2 is 1.68 bits per heavy atom. The van der Waals surface area contributed by atoms with Crippen LogP contribution in [-0.4, -0.2) is 19.2 Å². The summed E-state index contributed by atoms with van der Waals surface area (Å²) < 4.78 is 10.8. The number of aromatic nitrogens is 1. The van der Waals surface area contributed by atoms with E-state index in [4.69, 9.17) is 9.47 Å². The monoisotopic (exact) mass is 294 g/mol. The number of hydrogen-bond donors (Lipinski definition) is 1. The zero-order valence-corrected chi connectivity index (χ0v) is 12.9. The summed E-state index contributed by atoms with van der Waals surface area (Å²) in [6.45, 7) is 2.04. The van der Waals surface area contributed by atoms with Crippen LogP contribution in [0.1, 0.15) is 5.56 Å². The van der Waals surface area contributed by atoms with Crippen molar-refractivity contribution in [3.8, 4) is 11.6 Å². The highest BCUT2D eigenvalue weighted by atomic mass is 16.5. The average molecular weight is 294 g/mol. The van der Waals surface area contributed by atoms with Gasteiger partial charge in [0.2, 0.25) is 5.88 Å². The first-order chi connectivity index (χ1) is 10.7. The van der Waals surface area contributed by atoms with Gasteiger partial charge >= 0.3 is 0 Å². The summed E-state index contributed by atoms with van der Waals surface area (Å²) in [5.41, 5.74) is 3.02. The maximum atomic E-state index is 5.41. The lowest BCUT2D eigenvalue weighted by Crippen LogP contribution is -1.97. The Morgan fingerprint density at radius 1 is 0.909 bits per heavy atom. The molecule has 22 heavy (non-hydrogen) atoms. The van der Waals surface area contributed by atoms with Crippen molar-refractivity contribution in [3.05, 3.63) is 54.2 Å². The van der Waals surface area contributed by atoms with Crippen molar-refractivity contribution >= 4 is 22.1 Å². The standard InChI is InChI=1S/C18H18N2O2/c1-12-11-19-18(22-3)13-7-6-9-15(17(12)13)20-14-8-4-5-10-16(14)21-2/h4-11,20H,1-3H3. The van der Waals surface area contributed by atoms with Gasteiger partial charge < -0.3 is 14.8 Å². The Labute approximate surface area is 129 Å². The normalized spacial score (nSPS) is 10.5. The summed E-state index contributed by atoms with van der Waals surface area (Å²) in [5.74, 6) is 1.43. The van der Waals surface area contributed by atoms with E-state index in [1.165, 1.54) is 0 Å². The minimum absolute atomic E-state index is 0.629. The molecule has 2 aromatic carbocycles. The number of anilines is 2. The van der Waals surface area contributed by atoms with Crippen molar-refractivity contribution in [1.29, 1.82) is 0 Å². The fourth-order valence-electron chi connectivity index (χ4n) is 2.60. The van der Waals surface area contributed by atoms with E-state index in [2.05, 4.69) is 10.3 Å². The lowest BCUT2D eigenvalue weighted by atomic mass is 10.1. The van der Waals surface area contributed by atoms with Crippen molar-refractivity contribution in [1.82, 2.24) is 4.98 Å². The van der Waals surface area contributed by atoms with Gasteiger partial charge in [0.15, 0.2) is 0 Å². The first kappa shape index (κ1) is 14.2. The predicted molar refractivity (Wildman–Crippen MR) is 89.3 cm³/mol. The number of fused-ring (bicyclic) bond motifs is 1. The molecule has 0 aliphatic rings. The van der Waals surface area contributed by atoms with Gasteiger partial charge in [-0.1, -0.05) is 18.2 Å². The van der Waals surface area contributed by atoms with Gasteiger partial charge in [-0.05, 0) is 36.8 Å². The molecule has 1 N–H and O–H groups in total. The molecule has 0 saturated heterocycles. The molecule has 0 radical (unpaired) electrons. The van der Waals surface area contributed by atoms with Crippen molar-refractivity contribution < 1.29 is 9.47 Å². The highest BCUT2D eigenvalue weighted by molar-refractivity contribution is 6.00. The Morgan fingerprint density at radius 3 is 2.45 bits per heavy atom. The van der Waals surface area contributed by atoms with Gasteiger partial charge in [-0.3, -0.25) is 0 Å². The third-order valence-corrected chi connectivity index (χ3v) is 3.63. The van der Waals surface area contributed by atoms with Gasteiger partial charge in [0, 0.05) is 22.7 Å². The zero-order valence-electron chi connectivity index (χ0n) is 12.9. The van der Waals surface area contributed by atoms with E-state index in [0.717, 1.165) is 33.5 Å². The van der Waals surface area contributed by atoms with Crippen LogP contribution in [-0.2, 0) is 0 Å². The van der Waals surface area contributed by atoms with Crippen LogP contribution in [0.3, 0.4) is 0 Å². The van der Waals surface area contributed by atoms with Gasteiger partial charge in [-0.25, -0.2) is 4.98 Å². The first-order valence-electron chi connectivity index (χ1n) is 7.07. The number of methoxy groups -OCH3 is 2. The number of rotatable bonds is 4. The molecule has 112 valence electrons. The Bertz CT molecular complexity index is 815. The van der Waals surface area contributed by atoms with Gasteiger partial charge in [-0.15, -0.1) is 0 Å². The lowest BCUT2D eigenvalue weighted by molar-refractivity contribution is 0.403. The molecular weight excluding hydrogens is 276 g/mol. The molecule has 0 amide bonds. The fourth-order valence-corrected chi connectivity index (χ4v) is 2.60. The first-order valence-corrected chi connectivity index (χ1v) is 7.07. The zero-order chi connectivity index (χ0) is 15.5. The Hall–Kier alpha value is -2.75. The number of para-hydroxylation sites is 2.